The molecule has 2 aliphatic heterocycles. The van der Waals surface area contributed by atoms with Gasteiger partial charge in [-0.25, -0.2) is 0 Å². The van der Waals surface area contributed by atoms with Crippen molar-refractivity contribution >= 4 is 17.5 Å². The van der Waals surface area contributed by atoms with Gasteiger partial charge in [0.2, 0.25) is 5.60 Å². The Hall–Kier alpha value is -5.10. The number of likely N-dealkylation sites (tertiary alicyclic amines) is 1. The van der Waals surface area contributed by atoms with Crippen LogP contribution in [0.2, 0.25) is 0 Å². The zero-order valence-electron chi connectivity index (χ0n) is 28.6. The molecule has 2 amide bonds. The molecule has 1 unspecified atom stereocenters. The van der Waals surface area contributed by atoms with Crippen molar-refractivity contribution in [3.8, 4) is 11.5 Å². The highest BCUT2D eigenvalue weighted by molar-refractivity contribution is 5.97. The topological polar surface area (TPSA) is 84.4 Å². The number of rotatable bonds is 10. The number of hydrogen-bond donors (Lipinski definition) is 0. The van der Waals surface area contributed by atoms with Crippen LogP contribution in [-0.4, -0.2) is 85.2 Å². The zero-order chi connectivity index (χ0) is 36.0. The van der Waals surface area contributed by atoms with Gasteiger partial charge in [0.1, 0.15) is 18.1 Å². The van der Waals surface area contributed by atoms with Crippen molar-refractivity contribution < 1.29 is 37.0 Å². The fourth-order valence-electron chi connectivity index (χ4n) is 6.84. The van der Waals surface area contributed by atoms with Crippen LogP contribution >= 0.6 is 0 Å². The van der Waals surface area contributed by atoms with E-state index < -0.39 is 34.9 Å². The summed E-state index contributed by atoms with van der Waals surface area (Å²) in [4.78, 5) is 38.3. The number of methoxy groups -OCH3 is 1. The van der Waals surface area contributed by atoms with Gasteiger partial charge >= 0.3 is 6.18 Å². The maximum absolute atomic E-state index is 14.8. The van der Waals surface area contributed by atoms with Crippen LogP contribution < -0.4 is 14.4 Å². The third kappa shape index (κ3) is 7.96. The maximum Gasteiger partial charge on any atom is 0.417 e. The SMILES string of the molecule is COCCOc1ccccc1N1CCN(C(=O)C2(Oc3ccc(C)cc3)CC[C@H](c3ccccc3)N(C(=O)c3cnccc3C(F)(F)F)C2)CC1. The Balaban J connectivity index is 1.33. The fourth-order valence-corrected chi connectivity index (χ4v) is 6.84. The van der Waals surface area contributed by atoms with Crippen molar-refractivity contribution in [2.75, 3.05) is 57.9 Å². The number of anilines is 1. The predicted molar refractivity (Wildman–Crippen MR) is 186 cm³/mol. The van der Waals surface area contributed by atoms with E-state index in [1.54, 1.807) is 24.1 Å². The standard InChI is InChI=1S/C39H41F3N4O5/c1-28-12-14-30(15-13-28)51-38(37(48)45-22-20-44(21-23-45)34-10-6-7-11-35(34)50-25-24-49-2)18-16-33(29-8-4-3-5-9-29)46(27-38)36(47)31-26-43-19-17-32(31)39(40,41)42/h3-15,17,19,26,33H,16,18,20-25,27H2,1-2H3/t33-,38?/m1/s1. The lowest BCUT2D eigenvalue weighted by molar-refractivity contribution is -0.154. The molecule has 51 heavy (non-hydrogen) atoms. The van der Waals surface area contributed by atoms with Crippen LogP contribution in [-0.2, 0) is 15.7 Å². The number of para-hydroxylation sites is 2. The highest BCUT2D eigenvalue weighted by Crippen LogP contribution is 2.41. The van der Waals surface area contributed by atoms with E-state index in [0.717, 1.165) is 41.0 Å². The molecule has 2 aliphatic rings. The smallest absolute Gasteiger partial charge is 0.417 e. The first-order valence-corrected chi connectivity index (χ1v) is 17.0. The number of ether oxygens (including phenoxy) is 3. The van der Waals surface area contributed by atoms with Gasteiger partial charge in [0.25, 0.3) is 11.8 Å². The van der Waals surface area contributed by atoms with Gasteiger partial charge in [0, 0.05) is 52.1 Å². The molecule has 12 heteroatoms. The third-order valence-corrected chi connectivity index (χ3v) is 9.47. The van der Waals surface area contributed by atoms with Gasteiger partial charge in [-0.05, 0) is 49.2 Å². The predicted octanol–water partition coefficient (Wildman–Crippen LogP) is 6.58. The van der Waals surface area contributed by atoms with E-state index >= 15 is 0 Å². The summed E-state index contributed by atoms with van der Waals surface area (Å²) >= 11 is 0. The van der Waals surface area contributed by atoms with Gasteiger partial charge < -0.3 is 28.9 Å². The number of benzene rings is 3. The second-order valence-electron chi connectivity index (χ2n) is 12.8. The molecule has 0 N–H and O–H groups in total. The maximum atomic E-state index is 14.8. The van der Waals surface area contributed by atoms with E-state index in [1.807, 2.05) is 73.7 Å². The number of aryl methyl sites for hydroxylation is 1. The lowest BCUT2D eigenvalue weighted by Crippen LogP contribution is -2.64. The molecule has 2 saturated heterocycles. The van der Waals surface area contributed by atoms with Crippen LogP contribution in [0.25, 0.3) is 0 Å². The molecule has 0 saturated carbocycles. The molecule has 0 spiro atoms. The molecular formula is C39H41F3N4O5. The summed E-state index contributed by atoms with van der Waals surface area (Å²) in [5.74, 6) is -0.0457. The summed E-state index contributed by atoms with van der Waals surface area (Å²) < 4.78 is 60.3. The van der Waals surface area contributed by atoms with E-state index in [1.165, 1.54) is 4.90 Å². The van der Waals surface area contributed by atoms with E-state index in [0.29, 0.717) is 45.1 Å². The Labute approximate surface area is 295 Å². The molecule has 6 rings (SSSR count). The summed E-state index contributed by atoms with van der Waals surface area (Å²) in [6.07, 6.45) is -2.31. The number of carbonyl (C=O) groups excluding carboxylic acids is 2. The number of nitrogens with zero attached hydrogens (tertiary/aromatic N) is 4. The minimum atomic E-state index is -4.79. The van der Waals surface area contributed by atoms with Crippen LogP contribution in [0.15, 0.2) is 97.3 Å². The minimum Gasteiger partial charge on any atom is -0.489 e. The molecule has 3 heterocycles. The van der Waals surface area contributed by atoms with Gasteiger partial charge in [-0.2, -0.15) is 13.2 Å². The number of piperazine rings is 1. The van der Waals surface area contributed by atoms with Gasteiger partial charge in [0.15, 0.2) is 0 Å². The lowest BCUT2D eigenvalue weighted by atomic mass is 9.83. The summed E-state index contributed by atoms with van der Waals surface area (Å²) in [5, 5.41) is 0. The second kappa shape index (κ2) is 15.4. The summed E-state index contributed by atoms with van der Waals surface area (Å²) in [5.41, 5.74) is -0.585. The Kier molecular flexibility index (Phi) is 10.8. The van der Waals surface area contributed by atoms with Crippen molar-refractivity contribution in [1.82, 2.24) is 14.8 Å². The van der Waals surface area contributed by atoms with Crippen molar-refractivity contribution in [1.29, 1.82) is 0 Å². The molecular weight excluding hydrogens is 661 g/mol. The van der Waals surface area contributed by atoms with Crippen LogP contribution in [0.4, 0.5) is 18.9 Å². The number of alkyl halides is 3. The Bertz CT molecular complexity index is 1800. The Morgan fingerprint density at radius 2 is 1.61 bits per heavy atom. The summed E-state index contributed by atoms with van der Waals surface area (Å²) in [6.45, 7) is 4.26. The molecule has 268 valence electrons. The number of aromatic nitrogens is 1. The van der Waals surface area contributed by atoms with Crippen molar-refractivity contribution in [2.24, 2.45) is 0 Å². The van der Waals surface area contributed by atoms with Gasteiger partial charge in [-0.3, -0.25) is 14.6 Å². The highest BCUT2D eigenvalue weighted by atomic mass is 19.4. The third-order valence-electron chi connectivity index (χ3n) is 9.47. The van der Waals surface area contributed by atoms with Crippen LogP contribution in [0.3, 0.4) is 0 Å². The average Bonchev–Trinajstić information content (AvgIpc) is 3.15. The van der Waals surface area contributed by atoms with Crippen LogP contribution in [0.1, 0.15) is 45.9 Å². The molecule has 9 nitrogen and oxygen atoms in total. The monoisotopic (exact) mass is 702 g/mol. The normalized spacial score (nSPS) is 19.5. The molecule has 4 aromatic rings. The van der Waals surface area contributed by atoms with E-state index in [2.05, 4.69) is 9.88 Å². The van der Waals surface area contributed by atoms with Gasteiger partial charge in [0.05, 0.1) is 36.0 Å². The number of carbonyl (C=O) groups is 2. The van der Waals surface area contributed by atoms with Crippen molar-refractivity contribution in [3.05, 3.63) is 120 Å². The highest BCUT2D eigenvalue weighted by Gasteiger charge is 2.52. The molecule has 2 fully saturated rings. The quantitative estimate of drug-likeness (QED) is 0.173. The Morgan fingerprint density at radius 3 is 2.31 bits per heavy atom. The largest absolute Gasteiger partial charge is 0.489 e. The molecule has 3 aromatic carbocycles. The van der Waals surface area contributed by atoms with Crippen LogP contribution in [0, 0.1) is 6.92 Å². The molecule has 0 radical (unpaired) electrons. The first-order valence-electron chi connectivity index (χ1n) is 17.0. The van der Waals surface area contributed by atoms with Crippen LogP contribution in [0.5, 0.6) is 11.5 Å². The summed E-state index contributed by atoms with van der Waals surface area (Å²) in [7, 11) is 1.61. The number of amides is 2. The number of pyridine rings is 1. The minimum absolute atomic E-state index is 0.235. The first-order chi connectivity index (χ1) is 24.6. The molecule has 0 bridgehead atoms. The number of halogens is 3. The van der Waals surface area contributed by atoms with E-state index in [9.17, 15) is 22.8 Å². The first kappa shape index (κ1) is 35.7. The fraction of sp³-hybridized carbons (Fsp3) is 0.359. The van der Waals surface area contributed by atoms with Crippen molar-refractivity contribution in [2.45, 2.75) is 37.6 Å². The number of hydrogen-bond acceptors (Lipinski definition) is 7. The molecule has 1 aromatic heterocycles. The lowest BCUT2D eigenvalue weighted by Gasteiger charge is -2.48. The average molecular weight is 703 g/mol. The number of piperidine rings is 1. The van der Waals surface area contributed by atoms with Gasteiger partial charge in [-0.1, -0.05) is 60.2 Å². The second-order valence-corrected chi connectivity index (χ2v) is 12.8. The van der Waals surface area contributed by atoms with Crippen molar-refractivity contribution in [3.63, 3.8) is 0 Å². The van der Waals surface area contributed by atoms with E-state index in [4.69, 9.17) is 14.2 Å². The van der Waals surface area contributed by atoms with Gasteiger partial charge in [-0.15, -0.1) is 0 Å². The van der Waals surface area contributed by atoms with E-state index in [-0.39, 0.29) is 25.3 Å². The molecule has 0 aliphatic carbocycles. The zero-order valence-corrected chi connectivity index (χ0v) is 28.6. The Morgan fingerprint density at radius 1 is 0.902 bits per heavy atom. The summed E-state index contributed by atoms with van der Waals surface area (Å²) in [6, 6.07) is 24.3. The molecule has 2 atom stereocenters.